The molecule has 1 heterocycles. The predicted molar refractivity (Wildman–Crippen MR) is 133 cm³/mol. The highest BCUT2D eigenvalue weighted by Gasteiger charge is 2.35. The molecule has 3 aromatic rings. The molecule has 0 atom stereocenters. The molecule has 30 heavy (non-hydrogen) atoms. The van der Waals surface area contributed by atoms with Crippen molar-refractivity contribution in [1.29, 1.82) is 0 Å². The van der Waals surface area contributed by atoms with Gasteiger partial charge in [-0.3, -0.25) is 0 Å². The van der Waals surface area contributed by atoms with Gasteiger partial charge >= 0.3 is 0 Å². The van der Waals surface area contributed by atoms with Crippen molar-refractivity contribution < 1.29 is 4.57 Å². The number of rotatable bonds is 3. The van der Waals surface area contributed by atoms with Crippen LogP contribution in [0.5, 0.6) is 0 Å². The van der Waals surface area contributed by atoms with E-state index in [9.17, 15) is 0 Å². The summed E-state index contributed by atoms with van der Waals surface area (Å²) in [5, 5.41) is 4.38. The molecular weight excluding hydrogens is 378 g/mol. The fourth-order valence-electron chi connectivity index (χ4n) is 5.34. The monoisotopic (exact) mass is 416 g/mol. The minimum Gasteiger partial charge on any atom is -0.200 e. The molecule has 1 aliphatic carbocycles. The van der Waals surface area contributed by atoms with Gasteiger partial charge in [-0.2, -0.15) is 0 Å². The SMILES string of the molecule is Cc1ccc(C(C)(C)C)cc1-c1c2ccc([Si](C)(C)C3CCCC3)cc2cc[n+]1C. The van der Waals surface area contributed by atoms with Gasteiger partial charge in [0.1, 0.15) is 7.05 Å². The quantitative estimate of drug-likeness (QED) is 0.327. The van der Waals surface area contributed by atoms with Crippen LogP contribution in [-0.2, 0) is 12.5 Å². The van der Waals surface area contributed by atoms with Crippen LogP contribution in [-0.4, -0.2) is 8.07 Å². The van der Waals surface area contributed by atoms with Gasteiger partial charge in [0.05, 0.1) is 13.5 Å². The molecule has 158 valence electrons. The van der Waals surface area contributed by atoms with E-state index in [1.807, 2.05) is 0 Å². The van der Waals surface area contributed by atoms with Gasteiger partial charge < -0.3 is 0 Å². The fraction of sp³-hybridized carbons (Fsp3) is 0.464. The molecule has 2 heteroatoms. The third kappa shape index (κ3) is 3.75. The van der Waals surface area contributed by atoms with Gasteiger partial charge in [-0.1, -0.05) is 89.0 Å². The lowest BCUT2D eigenvalue weighted by molar-refractivity contribution is -0.659. The number of benzene rings is 2. The van der Waals surface area contributed by atoms with E-state index in [1.165, 1.54) is 58.8 Å². The van der Waals surface area contributed by atoms with Crippen molar-refractivity contribution >= 4 is 24.0 Å². The van der Waals surface area contributed by atoms with E-state index >= 15 is 0 Å². The fourth-order valence-corrected chi connectivity index (χ4v) is 8.70. The molecule has 1 nitrogen and oxygen atoms in total. The van der Waals surface area contributed by atoms with Crippen LogP contribution in [0.15, 0.2) is 48.7 Å². The lowest BCUT2D eigenvalue weighted by atomic mass is 9.84. The summed E-state index contributed by atoms with van der Waals surface area (Å²) in [6.45, 7) is 14.3. The number of fused-ring (bicyclic) bond motifs is 1. The van der Waals surface area contributed by atoms with E-state index in [0.717, 1.165) is 5.54 Å². The van der Waals surface area contributed by atoms with Crippen molar-refractivity contribution in [2.45, 2.75) is 77.4 Å². The Morgan fingerprint density at radius 3 is 2.30 bits per heavy atom. The predicted octanol–water partition coefficient (Wildman–Crippen LogP) is 6.80. The Kier molecular flexibility index (Phi) is 5.42. The van der Waals surface area contributed by atoms with E-state index < -0.39 is 8.07 Å². The Labute approximate surface area is 184 Å². The molecule has 0 radical (unpaired) electrons. The lowest BCUT2D eigenvalue weighted by Crippen LogP contribution is -2.45. The Balaban J connectivity index is 1.87. The summed E-state index contributed by atoms with van der Waals surface area (Å²) in [4.78, 5) is 0. The van der Waals surface area contributed by atoms with E-state index in [1.54, 1.807) is 5.19 Å². The van der Waals surface area contributed by atoms with Crippen molar-refractivity contribution in [2.75, 3.05) is 0 Å². The first-order valence-electron chi connectivity index (χ1n) is 11.6. The minimum absolute atomic E-state index is 0.148. The van der Waals surface area contributed by atoms with Crippen molar-refractivity contribution in [3.63, 3.8) is 0 Å². The summed E-state index contributed by atoms with van der Waals surface area (Å²) in [6.07, 6.45) is 7.97. The Bertz CT molecular complexity index is 1080. The van der Waals surface area contributed by atoms with E-state index in [-0.39, 0.29) is 5.41 Å². The third-order valence-corrected chi connectivity index (χ3v) is 12.0. The van der Waals surface area contributed by atoms with Crippen LogP contribution in [0.1, 0.15) is 57.6 Å². The first-order valence-corrected chi connectivity index (χ1v) is 14.7. The number of hydrogen-bond acceptors (Lipinski definition) is 0. The van der Waals surface area contributed by atoms with Gasteiger partial charge in [0, 0.05) is 11.6 Å². The topological polar surface area (TPSA) is 3.88 Å². The number of aromatic nitrogens is 1. The number of hydrogen-bond donors (Lipinski definition) is 0. The molecule has 1 saturated carbocycles. The average Bonchev–Trinajstić information content (AvgIpc) is 3.23. The summed E-state index contributed by atoms with van der Waals surface area (Å²) >= 11 is 0. The standard InChI is InChI=1S/C28H38NSi/c1-20-12-13-22(28(2,3)4)19-26(20)27-25-15-14-24(18-21(25)16-17-29(27)5)30(6,7)23-10-8-9-11-23/h12-19,23H,8-11H2,1-7H3/q+1. The molecule has 1 aromatic heterocycles. The Morgan fingerprint density at radius 1 is 0.933 bits per heavy atom. The van der Waals surface area contributed by atoms with E-state index in [2.05, 4.69) is 101 Å². The van der Waals surface area contributed by atoms with Crippen LogP contribution >= 0.6 is 0 Å². The van der Waals surface area contributed by atoms with Crippen LogP contribution in [0.25, 0.3) is 22.0 Å². The molecule has 0 bridgehead atoms. The number of pyridine rings is 1. The van der Waals surface area contributed by atoms with Crippen LogP contribution < -0.4 is 9.75 Å². The van der Waals surface area contributed by atoms with E-state index in [0.29, 0.717) is 0 Å². The molecule has 2 aromatic carbocycles. The molecule has 1 fully saturated rings. The molecule has 0 amide bonds. The van der Waals surface area contributed by atoms with Crippen molar-refractivity contribution in [3.8, 4) is 11.3 Å². The molecule has 0 spiro atoms. The Hall–Kier alpha value is -1.93. The summed E-state index contributed by atoms with van der Waals surface area (Å²) in [5.74, 6) is 0. The maximum Gasteiger partial charge on any atom is 0.220 e. The maximum absolute atomic E-state index is 2.59. The van der Waals surface area contributed by atoms with Gasteiger partial charge in [-0.05, 0) is 46.5 Å². The van der Waals surface area contributed by atoms with Crippen LogP contribution in [0.2, 0.25) is 18.6 Å². The van der Waals surface area contributed by atoms with Crippen LogP contribution in [0.3, 0.4) is 0 Å². The summed E-state index contributed by atoms with van der Waals surface area (Å²) in [5.41, 5.74) is 6.52. The minimum atomic E-state index is -1.43. The van der Waals surface area contributed by atoms with Gasteiger partial charge in [0.2, 0.25) is 5.69 Å². The molecular formula is C28H38NSi+. The van der Waals surface area contributed by atoms with Crippen molar-refractivity contribution in [2.24, 2.45) is 7.05 Å². The van der Waals surface area contributed by atoms with Crippen LogP contribution in [0.4, 0.5) is 0 Å². The second-order valence-electron chi connectivity index (χ2n) is 11.1. The summed E-state index contributed by atoms with van der Waals surface area (Å²) in [7, 11) is 0.758. The van der Waals surface area contributed by atoms with Crippen LogP contribution in [0, 0.1) is 6.92 Å². The Morgan fingerprint density at radius 2 is 1.63 bits per heavy atom. The van der Waals surface area contributed by atoms with Crippen molar-refractivity contribution in [1.82, 2.24) is 0 Å². The highest BCUT2D eigenvalue weighted by molar-refractivity contribution is 6.91. The normalized spacial score (nSPS) is 15.8. The van der Waals surface area contributed by atoms with Gasteiger partial charge in [0.15, 0.2) is 6.20 Å². The highest BCUT2D eigenvalue weighted by Crippen LogP contribution is 2.39. The summed E-state index contributed by atoms with van der Waals surface area (Å²) in [6, 6.07) is 16.7. The first kappa shape index (κ1) is 21.3. The third-order valence-electron chi connectivity index (χ3n) is 7.62. The molecule has 4 rings (SSSR count). The second-order valence-corrected chi connectivity index (χ2v) is 15.9. The smallest absolute Gasteiger partial charge is 0.200 e. The van der Waals surface area contributed by atoms with E-state index in [4.69, 9.17) is 0 Å². The summed E-state index contributed by atoms with van der Waals surface area (Å²) < 4.78 is 2.30. The largest absolute Gasteiger partial charge is 0.220 e. The van der Waals surface area contributed by atoms with Gasteiger partial charge in [-0.15, -0.1) is 0 Å². The average molecular weight is 417 g/mol. The molecule has 0 aliphatic heterocycles. The zero-order valence-electron chi connectivity index (χ0n) is 20.0. The molecule has 0 N–H and O–H groups in total. The maximum atomic E-state index is 2.59. The molecule has 1 aliphatic rings. The number of nitrogens with zero attached hydrogens (tertiary/aromatic N) is 1. The first-order chi connectivity index (χ1) is 14.1. The zero-order valence-corrected chi connectivity index (χ0v) is 21.0. The number of aryl methyl sites for hydroxylation is 2. The van der Waals surface area contributed by atoms with Crippen molar-refractivity contribution in [3.05, 3.63) is 59.8 Å². The second kappa shape index (κ2) is 7.64. The molecule has 0 saturated heterocycles. The molecule has 0 unspecified atom stereocenters. The van der Waals surface area contributed by atoms with Gasteiger partial charge in [-0.25, -0.2) is 4.57 Å². The highest BCUT2D eigenvalue weighted by atomic mass is 28.3. The zero-order chi connectivity index (χ0) is 21.7. The lowest BCUT2D eigenvalue weighted by Gasteiger charge is -2.30. The van der Waals surface area contributed by atoms with Gasteiger partial charge in [0.25, 0.3) is 0 Å².